The third-order valence-corrected chi connectivity index (χ3v) is 3.19. The van der Waals surface area contributed by atoms with Crippen molar-refractivity contribution >= 4 is 0 Å². The van der Waals surface area contributed by atoms with Gasteiger partial charge in [-0.3, -0.25) is 0 Å². The molecule has 2 aromatic heterocycles. The fourth-order valence-corrected chi connectivity index (χ4v) is 2.24. The van der Waals surface area contributed by atoms with Crippen LogP contribution in [-0.2, 0) is 0 Å². The first-order chi connectivity index (χ1) is 9.13. The number of aryl methyl sites for hydroxylation is 2. The number of hydrogen-bond acceptors (Lipinski definition) is 3. The molecule has 2 aromatic rings. The standard InChI is InChI=1S/C15H22N4/c1-5-8-16-13(4)14-7-6-9-17-15(14)19-12(3)10-11(2)18-19/h6-7,9-10,13,16H,5,8H2,1-4H3. The highest BCUT2D eigenvalue weighted by atomic mass is 15.3. The van der Waals surface area contributed by atoms with E-state index in [-0.39, 0.29) is 6.04 Å². The van der Waals surface area contributed by atoms with E-state index in [2.05, 4.69) is 48.3 Å². The highest BCUT2D eigenvalue weighted by Gasteiger charge is 2.14. The zero-order chi connectivity index (χ0) is 13.8. The number of nitrogens with one attached hydrogen (secondary N) is 1. The SMILES string of the molecule is CCCNC(C)c1cccnc1-n1nc(C)cc1C. The van der Waals surface area contributed by atoms with Crippen LogP contribution in [0.5, 0.6) is 0 Å². The van der Waals surface area contributed by atoms with Gasteiger partial charge in [0.1, 0.15) is 0 Å². The molecule has 0 aliphatic carbocycles. The second kappa shape index (κ2) is 5.97. The molecule has 2 heterocycles. The first-order valence-corrected chi connectivity index (χ1v) is 6.85. The molecule has 0 saturated heterocycles. The fraction of sp³-hybridized carbons (Fsp3) is 0.467. The number of hydrogen-bond donors (Lipinski definition) is 1. The van der Waals surface area contributed by atoms with Crippen LogP contribution in [0, 0.1) is 13.8 Å². The third-order valence-electron chi connectivity index (χ3n) is 3.19. The van der Waals surface area contributed by atoms with Gasteiger partial charge in [-0.25, -0.2) is 9.67 Å². The van der Waals surface area contributed by atoms with E-state index in [1.54, 1.807) is 0 Å². The largest absolute Gasteiger partial charge is 0.310 e. The summed E-state index contributed by atoms with van der Waals surface area (Å²) in [5, 5.41) is 8.03. The zero-order valence-corrected chi connectivity index (χ0v) is 12.1. The molecule has 1 N–H and O–H groups in total. The summed E-state index contributed by atoms with van der Waals surface area (Å²) in [7, 11) is 0. The van der Waals surface area contributed by atoms with Gasteiger partial charge in [0, 0.05) is 23.5 Å². The highest BCUT2D eigenvalue weighted by molar-refractivity contribution is 5.37. The first-order valence-electron chi connectivity index (χ1n) is 6.85. The molecule has 4 heteroatoms. The molecule has 0 aliphatic heterocycles. The normalized spacial score (nSPS) is 12.6. The smallest absolute Gasteiger partial charge is 0.158 e. The fourth-order valence-electron chi connectivity index (χ4n) is 2.24. The van der Waals surface area contributed by atoms with Crippen molar-refractivity contribution in [1.29, 1.82) is 0 Å². The minimum atomic E-state index is 0.271. The average molecular weight is 258 g/mol. The maximum atomic E-state index is 4.53. The van der Waals surface area contributed by atoms with Crippen molar-refractivity contribution < 1.29 is 0 Å². The van der Waals surface area contributed by atoms with Gasteiger partial charge in [0.25, 0.3) is 0 Å². The van der Waals surface area contributed by atoms with Gasteiger partial charge in [0.2, 0.25) is 0 Å². The van der Waals surface area contributed by atoms with E-state index in [0.29, 0.717) is 0 Å². The van der Waals surface area contributed by atoms with Crippen LogP contribution in [0.25, 0.3) is 5.82 Å². The van der Waals surface area contributed by atoms with Crippen molar-refractivity contribution in [2.45, 2.75) is 40.2 Å². The molecule has 19 heavy (non-hydrogen) atoms. The Morgan fingerprint density at radius 3 is 2.79 bits per heavy atom. The van der Waals surface area contributed by atoms with Gasteiger partial charge in [-0.2, -0.15) is 5.10 Å². The molecule has 0 saturated carbocycles. The Hall–Kier alpha value is -1.68. The molecule has 0 amide bonds. The van der Waals surface area contributed by atoms with Crippen LogP contribution >= 0.6 is 0 Å². The van der Waals surface area contributed by atoms with E-state index in [1.807, 2.05) is 23.9 Å². The van der Waals surface area contributed by atoms with E-state index in [4.69, 9.17) is 0 Å². The van der Waals surface area contributed by atoms with Crippen LogP contribution in [0.15, 0.2) is 24.4 Å². The van der Waals surface area contributed by atoms with Crippen molar-refractivity contribution in [2.24, 2.45) is 0 Å². The number of nitrogens with zero attached hydrogens (tertiary/aromatic N) is 3. The molecular formula is C15H22N4. The Morgan fingerprint density at radius 2 is 2.16 bits per heavy atom. The van der Waals surface area contributed by atoms with Crippen LogP contribution in [-0.4, -0.2) is 21.3 Å². The van der Waals surface area contributed by atoms with Crippen molar-refractivity contribution in [3.05, 3.63) is 41.3 Å². The minimum Gasteiger partial charge on any atom is -0.310 e. The quantitative estimate of drug-likeness (QED) is 0.896. The van der Waals surface area contributed by atoms with Gasteiger partial charge in [-0.15, -0.1) is 0 Å². The lowest BCUT2D eigenvalue weighted by atomic mass is 10.1. The first kappa shape index (κ1) is 13.7. The van der Waals surface area contributed by atoms with Gasteiger partial charge in [0.15, 0.2) is 5.82 Å². The van der Waals surface area contributed by atoms with E-state index < -0.39 is 0 Å². The molecule has 1 atom stereocenters. The summed E-state index contributed by atoms with van der Waals surface area (Å²) in [4.78, 5) is 4.51. The Balaban J connectivity index is 2.38. The predicted octanol–water partition coefficient (Wildman–Crippen LogP) is 2.94. The lowest BCUT2D eigenvalue weighted by molar-refractivity contribution is 0.564. The summed E-state index contributed by atoms with van der Waals surface area (Å²) in [5.74, 6) is 0.921. The maximum absolute atomic E-state index is 4.53. The monoisotopic (exact) mass is 258 g/mol. The number of rotatable bonds is 5. The summed E-state index contributed by atoms with van der Waals surface area (Å²) >= 11 is 0. The number of aromatic nitrogens is 3. The van der Waals surface area contributed by atoms with Crippen LogP contribution in [0.1, 0.15) is 43.3 Å². The lowest BCUT2D eigenvalue weighted by Crippen LogP contribution is -2.21. The summed E-state index contributed by atoms with van der Waals surface area (Å²) in [5.41, 5.74) is 3.31. The second-order valence-corrected chi connectivity index (χ2v) is 4.93. The van der Waals surface area contributed by atoms with Crippen LogP contribution in [0.4, 0.5) is 0 Å². The van der Waals surface area contributed by atoms with E-state index in [0.717, 1.165) is 30.2 Å². The Labute approximate surface area is 114 Å². The summed E-state index contributed by atoms with van der Waals surface area (Å²) in [6, 6.07) is 6.44. The second-order valence-electron chi connectivity index (χ2n) is 4.93. The van der Waals surface area contributed by atoms with Crippen molar-refractivity contribution in [3.8, 4) is 5.82 Å². The lowest BCUT2D eigenvalue weighted by Gasteiger charge is -2.17. The summed E-state index contributed by atoms with van der Waals surface area (Å²) in [6.45, 7) is 9.41. The third kappa shape index (κ3) is 3.01. The topological polar surface area (TPSA) is 42.7 Å². The Morgan fingerprint density at radius 1 is 1.37 bits per heavy atom. The molecule has 0 aromatic carbocycles. The van der Waals surface area contributed by atoms with Gasteiger partial charge in [0.05, 0.1) is 5.69 Å². The highest BCUT2D eigenvalue weighted by Crippen LogP contribution is 2.20. The molecule has 0 fully saturated rings. The average Bonchev–Trinajstić information content (AvgIpc) is 2.75. The van der Waals surface area contributed by atoms with Gasteiger partial charge < -0.3 is 5.32 Å². The molecule has 4 nitrogen and oxygen atoms in total. The maximum Gasteiger partial charge on any atom is 0.158 e. The Kier molecular flexibility index (Phi) is 4.32. The minimum absolute atomic E-state index is 0.271. The summed E-state index contributed by atoms with van der Waals surface area (Å²) in [6.07, 6.45) is 2.95. The van der Waals surface area contributed by atoms with Crippen LogP contribution in [0.2, 0.25) is 0 Å². The van der Waals surface area contributed by atoms with Gasteiger partial charge >= 0.3 is 0 Å². The summed E-state index contributed by atoms with van der Waals surface area (Å²) < 4.78 is 1.93. The number of pyridine rings is 1. The molecular weight excluding hydrogens is 236 g/mol. The van der Waals surface area contributed by atoms with Gasteiger partial charge in [-0.05, 0) is 45.9 Å². The van der Waals surface area contributed by atoms with Crippen molar-refractivity contribution in [3.63, 3.8) is 0 Å². The van der Waals surface area contributed by atoms with Gasteiger partial charge in [-0.1, -0.05) is 13.0 Å². The zero-order valence-electron chi connectivity index (χ0n) is 12.1. The van der Waals surface area contributed by atoms with Crippen LogP contribution in [0.3, 0.4) is 0 Å². The van der Waals surface area contributed by atoms with Crippen molar-refractivity contribution in [1.82, 2.24) is 20.1 Å². The molecule has 102 valence electrons. The molecule has 2 rings (SSSR count). The van der Waals surface area contributed by atoms with E-state index in [9.17, 15) is 0 Å². The van der Waals surface area contributed by atoms with Crippen LogP contribution < -0.4 is 5.32 Å². The van der Waals surface area contributed by atoms with Crippen molar-refractivity contribution in [2.75, 3.05) is 6.54 Å². The van der Waals surface area contributed by atoms with E-state index in [1.165, 1.54) is 5.56 Å². The molecule has 0 aliphatic rings. The van der Waals surface area contributed by atoms with E-state index >= 15 is 0 Å². The molecule has 1 unspecified atom stereocenters. The Bertz CT molecular complexity index is 545. The molecule has 0 bridgehead atoms. The molecule has 0 radical (unpaired) electrons. The predicted molar refractivity (Wildman–Crippen MR) is 77.5 cm³/mol. The molecule has 0 spiro atoms.